The highest BCUT2D eigenvalue weighted by Gasteiger charge is 2.32. The summed E-state index contributed by atoms with van der Waals surface area (Å²) in [5.74, 6) is -5.01. The molecule has 264 valence electrons. The van der Waals surface area contributed by atoms with Gasteiger partial charge in [0.25, 0.3) is 0 Å². The largest absolute Gasteiger partial charge is 0.370 e. The summed E-state index contributed by atoms with van der Waals surface area (Å²) < 4.78 is 57.0. The Morgan fingerprint density at radius 1 is 0.800 bits per heavy atom. The van der Waals surface area contributed by atoms with Gasteiger partial charge in [-0.3, -0.25) is 19.4 Å². The first kappa shape index (κ1) is 37.8. The third-order valence-corrected chi connectivity index (χ3v) is 9.54. The summed E-state index contributed by atoms with van der Waals surface area (Å²) in [5, 5.41) is 6.99. The SMILES string of the molecule is NC(N)=NCCCC(NC(=O)C(Cc1ccc(F)c(F)c1)NC(=O)C(Cc1ccccc1)NS(=O)(=O)Cc1ccccc1)C(=O)c1nccs1. The second-order valence-corrected chi connectivity index (χ2v) is 14.0. The first-order valence-corrected chi connectivity index (χ1v) is 18.0. The van der Waals surface area contributed by atoms with Crippen LogP contribution in [0, 0.1) is 11.6 Å². The number of nitrogens with zero attached hydrogens (tertiary/aromatic N) is 2. The number of sulfonamides is 1. The maximum absolute atomic E-state index is 14.2. The highest BCUT2D eigenvalue weighted by atomic mass is 32.2. The molecule has 2 amide bonds. The van der Waals surface area contributed by atoms with Gasteiger partial charge in [0.15, 0.2) is 22.6 Å². The van der Waals surface area contributed by atoms with Crippen molar-refractivity contribution in [3.63, 3.8) is 0 Å². The number of nitrogens with one attached hydrogen (secondary N) is 3. The number of amides is 2. The molecule has 50 heavy (non-hydrogen) atoms. The van der Waals surface area contributed by atoms with Gasteiger partial charge in [0.1, 0.15) is 12.1 Å². The Kier molecular flexibility index (Phi) is 13.7. The van der Waals surface area contributed by atoms with Gasteiger partial charge < -0.3 is 22.1 Å². The highest BCUT2D eigenvalue weighted by molar-refractivity contribution is 7.88. The van der Waals surface area contributed by atoms with E-state index in [1.54, 1.807) is 66.0 Å². The molecular formula is C34H37F2N7O5S2. The van der Waals surface area contributed by atoms with E-state index >= 15 is 0 Å². The van der Waals surface area contributed by atoms with Crippen LogP contribution in [0.2, 0.25) is 0 Å². The Balaban J connectivity index is 1.62. The summed E-state index contributed by atoms with van der Waals surface area (Å²) in [7, 11) is -4.08. The zero-order valence-corrected chi connectivity index (χ0v) is 28.4. The average molecular weight is 726 g/mol. The fraction of sp³-hybridized carbons (Fsp3) is 0.265. The normalized spacial score (nSPS) is 13.1. The minimum Gasteiger partial charge on any atom is -0.370 e. The minimum atomic E-state index is -4.08. The molecule has 16 heteroatoms. The highest BCUT2D eigenvalue weighted by Crippen LogP contribution is 2.15. The minimum absolute atomic E-state index is 0.0733. The lowest BCUT2D eigenvalue weighted by atomic mass is 10.0. The van der Waals surface area contributed by atoms with E-state index in [0.29, 0.717) is 17.5 Å². The second-order valence-electron chi connectivity index (χ2n) is 11.3. The van der Waals surface area contributed by atoms with Gasteiger partial charge in [0, 0.05) is 24.5 Å². The molecule has 7 N–H and O–H groups in total. The van der Waals surface area contributed by atoms with E-state index < -0.39 is 63.1 Å². The van der Waals surface area contributed by atoms with E-state index in [9.17, 15) is 31.6 Å². The first-order valence-electron chi connectivity index (χ1n) is 15.5. The quantitative estimate of drug-likeness (QED) is 0.0446. The van der Waals surface area contributed by atoms with Crippen LogP contribution in [-0.4, -0.2) is 61.6 Å². The van der Waals surface area contributed by atoms with Crippen molar-refractivity contribution < 1.29 is 31.6 Å². The number of rotatable bonds is 18. The van der Waals surface area contributed by atoms with Gasteiger partial charge in [-0.2, -0.15) is 0 Å². The molecule has 0 fully saturated rings. The third-order valence-electron chi connectivity index (χ3n) is 7.40. The fourth-order valence-electron chi connectivity index (χ4n) is 5.01. The van der Waals surface area contributed by atoms with E-state index in [0.717, 1.165) is 23.5 Å². The molecule has 3 unspecified atom stereocenters. The molecule has 4 aromatic rings. The summed E-state index contributed by atoms with van der Waals surface area (Å²) in [6, 6.07) is 16.1. The van der Waals surface area contributed by atoms with E-state index in [-0.39, 0.29) is 42.3 Å². The van der Waals surface area contributed by atoms with Crippen LogP contribution < -0.4 is 26.8 Å². The summed E-state index contributed by atoms with van der Waals surface area (Å²) in [5.41, 5.74) is 12.1. The van der Waals surface area contributed by atoms with Crippen molar-refractivity contribution in [1.82, 2.24) is 20.3 Å². The Bertz CT molecular complexity index is 1880. The molecule has 1 heterocycles. The lowest BCUT2D eigenvalue weighted by molar-refractivity contribution is -0.130. The Hall–Kier alpha value is -5.06. The number of hydrogen-bond donors (Lipinski definition) is 5. The lowest BCUT2D eigenvalue weighted by Crippen LogP contribution is -2.57. The predicted octanol–water partition coefficient (Wildman–Crippen LogP) is 2.60. The maximum Gasteiger partial charge on any atom is 0.243 e. The van der Waals surface area contributed by atoms with E-state index in [2.05, 4.69) is 25.3 Å². The van der Waals surface area contributed by atoms with Crippen molar-refractivity contribution in [2.75, 3.05) is 6.54 Å². The molecule has 0 spiro atoms. The van der Waals surface area contributed by atoms with Crippen molar-refractivity contribution in [1.29, 1.82) is 0 Å². The number of ketones is 1. The maximum atomic E-state index is 14.2. The van der Waals surface area contributed by atoms with Gasteiger partial charge in [-0.25, -0.2) is 26.9 Å². The standard InChI is InChI=1S/C34H37F2N7O5S2/c35-25-14-13-24(18-26(25)36)20-28(31(45)41-27(12-7-15-40-34(37)38)30(44)33-39-16-17-49-33)42-32(46)29(19-22-8-3-1-4-9-22)43-50(47,48)21-23-10-5-2-6-11-23/h1-6,8-11,13-14,16-18,27-29,43H,7,12,15,19-21H2,(H,41,45)(H,42,46)(H4,37,38,40). The van der Waals surface area contributed by atoms with Gasteiger partial charge in [0.05, 0.1) is 11.8 Å². The lowest BCUT2D eigenvalue weighted by Gasteiger charge is -2.25. The van der Waals surface area contributed by atoms with Crippen LogP contribution >= 0.6 is 11.3 Å². The smallest absolute Gasteiger partial charge is 0.243 e. The molecule has 1 aromatic heterocycles. The summed E-state index contributed by atoms with van der Waals surface area (Å²) in [6.45, 7) is 0.166. The Labute approximate surface area is 292 Å². The van der Waals surface area contributed by atoms with Crippen LogP contribution in [0.1, 0.15) is 39.3 Å². The molecule has 0 radical (unpaired) electrons. The second kappa shape index (κ2) is 18.1. The molecule has 0 aliphatic rings. The summed E-state index contributed by atoms with van der Waals surface area (Å²) in [4.78, 5) is 49.1. The van der Waals surface area contributed by atoms with E-state index in [1.165, 1.54) is 12.3 Å². The molecule has 12 nitrogen and oxygen atoms in total. The molecular weight excluding hydrogens is 689 g/mol. The molecule has 4 rings (SSSR count). The number of hydrogen-bond acceptors (Lipinski definition) is 8. The van der Waals surface area contributed by atoms with Gasteiger partial charge in [-0.15, -0.1) is 11.3 Å². The number of aliphatic imine (C=N–C) groups is 1. The molecule has 3 atom stereocenters. The molecule has 0 aliphatic heterocycles. The van der Waals surface area contributed by atoms with Crippen molar-refractivity contribution in [3.05, 3.63) is 124 Å². The summed E-state index contributed by atoms with van der Waals surface area (Å²) >= 11 is 1.07. The molecule has 0 aliphatic carbocycles. The number of nitrogens with two attached hydrogens (primary N) is 2. The first-order chi connectivity index (χ1) is 23.9. The average Bonchev–Trinajstić information content (AvgIpc) is 3.62. The number of benzene rings is 3. The number of thiazole rings is 1. The molecule has 0 saturated carbocycles. The summed E-state index contributed by atoms with van der Waals surface area (Å²) in [6.07, 6.45) is 1.44. The van der Waals surface area contributed by atoms with Crippen LogP contribution in [0.15, 0.2) is 95.4 Å². The molecule has 0 bridgehead atoms. The zero-order chi connectivity index (χ0) is 36.1. The fourth-order valence-corrected chi connectivity index (χ4v) is 6.98. The number of carbonyl (C=O) groups is 3. The van der Waals surface area contributed by atoms with Crippen LogP contribution in [0.25, 0.3) is 0 Å². The van der Waals surface area contributed by atoms with Crippen molar-refractivity contribution >= 4 is 44.9 Å². The van der Waals surface area contributed by atoms with Crippen molar-refractivity contribution in [2.24, 2.45) is 16.5 Å². The zero-order valence-electron chi connectivity index (χ0n) is 26.8. The molecule has 0 saturated heterocycles. The third kappa shape index (κ3) is 11.8. The number of carbonyl (C=O) groups excluding carboxylic acids is 3. The Morgan fingerprint density at radius 2 is 1.42 bits per heavy atom. The van der Waals surface area contributed by atoms with Crippen LogP contribution in [0.4, 0.5) is 8.78 Å². The van der Waals surface area contributed by atoms with Crippen molar-refractivity contribution in [2.45, 2.75) is 49.6 Å². The van der Waals surface area contributed by atoms with Gasteiger partial charge in [-0.05, 0) is 48.1 Å². The van der Waals surface area contributed by atoms with Crippen LogP contribution in [0.3, 0.4) is 0 Å². The van der Waals surface area contributed by atoms with Gasteiger partial charge >= 0.3 is 0 Å². The number of Topliss-reactive ketones (excluding diaryl/α,β-unsaturated/α-hetero) is 1. The number of halogens is 2. The van der Waals surface area contributed by atoms with Gasteiger partial charge in [-0.1, -0.05) is 66.7 Å². The number of aromatic nitrogens is 1. The topological polar surface area (TPSA) is 199 Å². The Morgan fingerprint density at radius 3 is 2.04 bits per heavy atom. The molecule has 3 aromatic carbocycles. The van der Waals surface area contributed by atoms with Gasteiger partial charge in [0.2, 0.25) is 27.6 Å². The van der Waals surface area contributed by atoms with Crippen LogP contribution in [0.5, 0.6) is 0 Å². The predicted molar refractivity (Wildman–Crippen MR) is 186 cm³/mol. The van der Waals surface area contributed by atoms with E-state index in [1.807, 2.05) is 0 Å². The number of guanidine groups is 1. The van der Waals surface area contributed by atoms with Crippen LogP contribution in [-0.2, 0) is 38.2 Å². The van der Waals surface area contributed by atoms with Crippen molar-refractivity contribution in [3.8, 4) is 0 Å². The van der Waals surface area contributed by atoms with E-state index in [4.69, 9.17) is 11.5 Å². The monoisotopic (exact) mass is 725 g/mol.